The number of piperidine rings is 1. The molecule has 2 aliphatic rings. The van der Waals surface area contributed by atoms with Crippen LogP contribution in [0.5, 0.6) is 5.75 Å². The topological polar surface area (TPSA) is 41.6 Å². The van der Waals surface area contributed by atoms with Crippen LogP contribution < -0.4 is 10.1 Å². The highest BCUT2D eigenvalue weighted by Gasteiger charge is 2.42. The van der Waals surface area contributed by atoms with E-state index < -0.39 is 5.72 Å². The number of para-hydroxylation sites is 1. The normalized spacial score (nSPS) is 19.5. The molecule has 0 atom stereocenters. The molecule has 2 aromatic rings. The van der Waals surface area contributed by atoms with Gasteiger partial charge in [-0.1, -0.05) is 24.3 Å². The molecule has 1 spiro atoms. The van der Waals surface area contributed by atoms with Crippen LogP contribution in [0.2, 0.25) is 0 Å². The van der Waals surface area contributed by atoms with Gasteiger partial charge in [0.05, 0.1) is 5.56 Å². The number of nitrogens with zero attached hydrogens (tertiary/aromatic N) is 1. The predicted octanol–water partition coefficient (Wildman–Crippen LogP) is 2.94. The van der Waals surface area contributed by atoms with Crippen molar-refractivity contribution < 1.29 is 13.9 Å². The summed E-state index contributed by atoms with van der Waals surface area (Å²) in [7, 11) is 0. The number of fused-ring (bicyclic) bond motifs is 1. The molecule has 0 bridgehead atoms. The molecule has 1 amide bonds. The second kappa shape index (κ2) is 5.91. The van der Waals surface area contributed by atoms with Crippen molar-refractivity contribution in [3.63, 3.8) is 0 Å². The van der Waals surface area contributed by atoms with Gasteiger partial charge in [0.1, 0.15) is 11.6 Å². The van der Waals surface area contributed by atoms with Crippen LogP contribution >= 0.6 is 0 Å². The molecule has 4 rings (SSSR count). The summed E-state index contributed by atoms with van der Waals surface area (Å²) in [5, 5.41) is 3.03. The minimum Gasteiger partial charge on any atom is -0.467 e. The molecule has 2 aliphatic heterocycles. The van der Waals surface area contributed by atoms with Crippen LogP contribution in [0.3, 0.4) is 0 Å². The number of hydrogen-bond donors (Lipinski definition) is 1. The maximum atomic E-state index is 13.3. The van der Waals surface area contributed by atoms with Gasteiger partial charge < -0.3 is 10.1 Å². The van der Waals surface area contributed by atoms with Crippen LogP contribution in [-0.2, 0) is 6.54 Å². The van der Waals surface area contributed by atoms with Crippen molar-refractivity contribution in [2.45, 2.75) is 25.1 Å². The van der Waals surface area contributed by atoms with E-state index in [4.69, 9.17) is 4.74 Å². The first-order valence-electron chi connectivity index (χ1n) is 8.21. The smallest absolute Gasteiger partial charge is 0.258 e. The molecule has 0 aliphatic carbocycles. The number of rotatable bonds is 2. The summed E-state index contributed by atoms with van der Waals surface area (Å²) in [5.74, 6) is 0.371. The summed E-state index contributed by atoms with van der Waals surface area (Å²) in [6, 6.07) is 14.0. The Bertz CT molecular complexity index is 769. The molecule has 0 saturated carbocycles. The molecule has 2 heterocycles. The lowest BCUT2D eigenvalue weighted by atomic mass is 9.96. The predicted molar refractivity (Wildman–Crippen MR) is 88.2 cm³/mol. The molecule has 0 aromatic heterocycles. The summed E-state index contributed by atoms with van der Waals surface area (Å²) in [4.78, 5) is 14.6. The van der Waals surface area contributed by atoms with Gasteiger partial charge in [-0.3, -0.25) is 9.69 Å². The zero-order valence-electron chi connectivity index (χ0n) is 13.3. The van der Waals surface area contributed by atoms with Gasteiger partial charge in [-0.2, -0.15) is 0 Å². The second-order valence-corrected chi connectivity index (χ2v) is 6.45. The van der Waals surface area contributed by atoms with E-state index in [9.17, 15) is 9.18 Å². The van der Waals surface area contributed by atoms with Crippen molar-refractivity contribution in [1.82, 2.24) is 10.2 Å². The fourth-order valence-electron chi connectivity index (χ4n) is 3.45. The summed E-state index contributed by atoms with van der Waals surface area (Å²) >= 11 is 0. The number of benzene rings is 2. The highest BCUT2D eigenvalue weighted by molar-refractivity contribution is 5.98. The van der Waals surface area contributed by atoms with Gasteiger partial charge in [0.15, 0.2) is 5.72 Å². The molecular formula is C19H19FN2O2. The fraction of sp³-hybridized carbons (Fsp3) is 0.316. The quantitative estimate of drug-likeness (QED) is 0.922. The van der Waals surface area contributed by atoms with E-state index in [0.717, 1.165) is 18.7 Å². The van der Waals surface area contributed by atoms with E-state index in [2.05, 4.69) is 10.2 Å². The number of ether oxygens (including phenoxy) is 1. The Morgan fingerprint density at radius 1 is 1.12 bits per heavy atom. The van der Waals surface area contributed by atoms with Gasteiger partial charge in [-0.15, -0.1) is 0 Å². The van der Waals surface area contributed by atoms with Crippen molar-refractivity contribution in [2.24, 2.45) is 0 Å². The molecule has 124 valence electrons. The van der Waals surface area contributed by atoms with Gasteiger partial charge in [0.25, 0.3) is 5.91 Å². The Labute approximate surface area is 140 Å². The third-order valence-electron chi connectivity index (χ3n) is 4.74. The highest BCUT2D eigenvalue weighted by atomic mass is 19.1. The first-order chi connectivity index (χ1) is 11.6. The van der Waals surface area contributed by atoms with Crippen molar-refractivity contribution in [1.29, 1.82) is 0 Å². The van der Waals surface area contributed by atoms with Crippen LogP contribution in [0.4, 0.5) is 4.39 Å². The lowest BCUT2D eigenvalue weighted by Crippen LogP contribution is -2.60. The SMILES string of the molecule is O=C1NC2(CCN(Cc3cccc(F)c3)CC2)Oc2ccccc21. The van der Waals surface area contributed by atoms with Crippen molar-refractivity contribution in [3.05, 3.63) is 65.5 Å². The Hall–Kier alpha value is -2.40. The number of carbonyl (C=O) groups excluding carboxylic acids is 1. The lowest BCUT2D eigenvalue weighted by Gasteiger charge is -2.44. The van der Waals surface area contributed by atoms with E-state index in [0.29, 0.717) is 30.7 Å². The number of halogens is 1. The zero-order chi connectivity index (χ0) is 16.6. The summed E-state index contributed by atoms with van der Waals surface area (Å²) in [5.41, 5.74) is 0.930. The average molecular weight is 326 g/mol. The number of amides is 1. The second-order valence-electron chi connectivity index (χ2n) is 6.45. The highest BCUT2D eigenvalue weighted by Crippen LogP contribution is 2.33. The van der Waals surface area contributed by atoms with E-state index in [1.54, 1.807) is 18.2 Å². The molecule has 0 unspecified atom stereocenters. The van der Waals surface area contributed by atoms with Crippen LogP contribution in [0, 0.1) is 5.82 Å². The average Bonchev–Trinajstić information content (AvgIpc) is 2.57. The van der Waals surface area contributed by atoms with Crippen LogP contribution in [0.25, 0.3) is 0 Å². The summed E-state index contributed by atoms with van der Waals surface area (Å²) in [6.45, 7) is 2.29. The van der Waals surface area contributed by atoms with Crippen molar-refractivity contribution in [2.75, 3.05) is 13.1 Å². The molecule has 1 N–H and O–H groups in total. The molecule has 1 fully saturated rings. The number of nitrogens with one attached hydrogen (secondary N) is 1. The Kier molecular flexibility index (Phi) is 3.73. The minimum absolute atomic E-state index is 0.0737. The molecule has 2 aromatic carbocycles. The number of carbonyl (C=O) groups is 1. The van der Waals surface area contributed by atoms with Gasteiger partial charge in [0.2, 0.25) is 0 Å². The van der Waals surface area contributed by atoms with Crippen molar-refractivity contribution in [3.8, 4) is 5.75 Å². The number of likely N-dealkylation sites (tertiary alicyclic amines) is 1. The van der Waals surface area contributed by atoms with Gasteiger partial charge in [-0.05, 0) is 29.8 Å². The van der Waals surface area contributed by atoms with Crippen molar-refractivity contribution >= 4 is 5.91 Å². The Morgan fingerprint density at radius 2 is 1.92 bits per heavy atom. The van der Waals surface area contributed by atoms with E-state index in [1.807, 2.05) is 24.3 Å². The van der Waals surface area contributed by atoms with Crippen LogP contribution in [0.1, 0.15) is 28.8 Å². The van der Waals surface area contributed by atoms with Gasteiger partial charge in [-0.25, -0.2) is 4.39 Å². The minimum atomic E-state index is -0.621. The fourth-order valence-corrected chi connectivity index (χ4v) is 3.45. The largest absolute Gasteiger partial charge is 0.467 e. The molecule has 1 saturated heterocycles. The monoisotopic (exact) mass is 326 g/mol. The zero-order valence-corrected chi connectivity index (χ0v) is 13.3. The lowest BCUT2D eigenvalue weighted by molar-refractivity contribution is -0.0304. The molecule has 4 nitrogen and oxygen atoms in total. The third-order valence-corrected chi connectivity index (χ3v) is 4.74. The maximum Gasteiger partial charge on any atom is 0.258 e. The van der Waals surface area contributed by atoms with Crippen LogP contribution in [-0.4, -0.2) is 29.6 Å². The molecule has 0 radical (unpaired) electrons. The maximum absolute atomic E-state index is 13.3. The standard InChI is InChI=1S/C19H19FN2O2/c20-15-5-3-4-14(12-15)13-22-10-8-19(9-11-22)21-18(23)16-6-1-2-7-17(16)24-19/h1-7,12H,8-11,13H2,(H,21,23). The van der Waals surface area contributed by atoms with E-state index >= 15 is 0 Å². The Balaban J connectivity index is 1.44. The molecular weight excluding hydrogens is 307 g/mol. The first kappa shape index (κ1) is 15.1. The first-order valence-corrected chi connectivity index (χ1v) is 8.21. The summed E-state index contributed by atoms with van der Waals surface area (Å²) in [6.07, 6.45) is 1.42. The van der Waals surface area contributed by atoms with E-state index in [-0.39, 0.29) is 11.7 Å². The van der Waals surface area contributed by atoms with Crippen LogP contribution in [0.15, 0.2) is 48.5 Å². The third kappa shape index (κ3) is 2.87. The van der Waals surface area contributed by atoms with Gasteiger partial charge in [0, 0.05) is 32.5 Å². The summed E-state index contributed by atoms with van der Waals surface area (Å²) < 4.78 is 19.4. The van der Waals surface area contributed by atoms with Gasteiger partial charge >= 0.3 is 0 Å². The number of hydrogen-bond acceptors (Lipinski definition) is 3. The molecule has 24 heavy (non-hydrogen) atoms. The van der Waals surface area contributed by atoms with E-state index in [1.165, 1.54) is 6.07 Å². The Morgan fingerprint density at radius 3 is 2.71 bits per heavy atom. The molecule has 5 heteroatoms.